The summed E-state index contributed by atoms with van der Waals surface area (Å²) in [7, 11) is 0. The van der Waals surface area contributed by atoms with E-state index in [9.17, 15) is 4.79 Å². The van der Waals surface area contributed by atoms with Gasteiger partial charge in [0.1, 0.15) is 6.04 Å². The van der Waals surface area contributed by atoms with Gasteiger partial charge in [-0.3, -0.25) is 4.79 Å². The zero-order valence-electron chi connectivity index (χ0n) is 8.49. The molecule has 15 heavy (non-hydrogen) atoms. The number of nitrogens with one attached hydrogen (secondary N) is 2. The summed E-state index contributed by atoms with van der Waals surface area (Å²) in [5, 5.41) is 17.4. The normalized spacial score (nSPS) is 26.5. The Morgan fingerprint density at radius 2 is 2.27 bits per heavy atom. The summed E-state index contributed by atoms with van der Waals surface area (Å²) in [5.74, 6) is -0.792. The lowest BCUT2D eigenvalue weighted by Gasteiger charge is -2.30. The average molecular weight is 226 g/mol. The molecule has 0 bridgehead atoms. The van der Waals surface area contributed by atoms with Crippen LogP contribution in [0.5, 0.6) is 0 Å². The van der Waals surface area contributed by atoms with E-state index in [1.807, 2.05) is 18.4 Å². The van der Waals surface area contributed by atoms with Gasteiger partial charge in [0, 0.05) is 18.0 Å². The maximum absolute atomic E-state index is 11.1. The van der Waals surface area contributed by atoms with Gasteiger partial charge in [-0.15, -0.1) is 11.3 Å². The minimum absolute atomic E-state index is 0.101. The van der Waals surface area contributed by atoms with Crippen LogP contribution in [0.15, 0.2) is 11.4 Å². The number of hydrogen-bond donors (Lipinski definition) is 3. The molecule has 0 aromatic carbocycles. The highest BCUT2D eigenvalue weighted by Gasteiger charge is 2.32. The van der Waals surface area contributed by atoms with Gasteiger partial charge in [0.15, 0.2) is 0 Å². The van der Waals surface area contributed by atoms with Crippen LogP contribution >= 0.6 is 11.3 Å². The van der Waals surface area contributed by atoms with Crippen LogP contribution in [0.25, 0.3) is 0 Å². The summed E-state index contributed by atoms with van der Waals surface area (Å²) >= 11 is 1.61. The summed E-state index contributed by atoms with van der Waals surface area (Å²) < 4.78 is 0. The van der Waals surface area contributed by atoms with Crippen LogP contribution < -0.4 is 10.6 Å². The summed E-state index contributed by atoms with van der Waals surface area (Å²) in [6, 6.07) is 1.40. The van der Waals surface area contributed by atoms with Crippen molar-refractivity contribution in [3.8, 4) is 0 Å². The lowest BCUT2D eigenvalue weighted by Crippen LogP contribution is -2.54. The molecule has 1 aromatic rings. The fourth-order valence-corrected chi connectivity index (χ4v) is 2.91. The minimum Gasteiger partial charge on any atom is -0.480 e. The molecule has 0 amide bonds. The van der Waals surface area contributed by atoms with Crippen molar-refractivity contribution in [2.75, 3.05) is 13.1 Å². The smallest absolute Gasteiger partial charge is 0.322 e. The molecule has 2 rings (SSSR count). The fraction of sp³-hybridized carbons (Fsp3) is 0.500. The SMILES string of the molecule is Cc1ccsc1C1NCCNC1C(=O)O. The van der Waals surface area contributed by atoms with E-state index in [2.05, 4.69) is 10.6 Å². The van der Waals surface area contributed by atoms with Gasteiger partial charge < -0.3 is 15.7 Å². The standard InChI is InChI=1S/C10H14N2O2S/c1-6-2-5-15-9(6)7-8(10(13)14)12-4-3-11-7/h2,5,7-8,11-12H,3-4H2,1H3,(H,13,14). The monoisotopic (exact) mass is 226 g/mol. The number of carbonyl (C=O) groups is 1. The lowest BCUT2D eigenvalue weighted by atomic mass is 10.0. The molecule has 1 aliphatic heterocycles. The zero-order valence-corrected chi connectivity index (χ0v) is 9.30. The first-order chi connectivity index (χ1) is 7.20. The number of piperazine rings is 1. The van der Waals surface area contributed by atoms with E-state index in [0.29, 0.717) is 6.54 Å². The topological polar surface area (TPSA) is 61.4 Å². The first-order valence-corrected chi connectivity index (χ1v) is 5.81. The summed E-state index contributed by atoms with van der Waals surface area (Å²) in [6.07, 6.45) is 0. The van der Waals surface area contributed by atoms with Crippen molar-refractivity contribution in [3.05, 3.63) is 21.9 Å². The second-order valence-corrected chi connectivity index (χ2v) is 4.62. The first-order valence-electron chi connectivity index (χ1n) is 4.93. The number of rotatable bonds is 2. The van der Waals surface area contributed by atoms with Crippen LogP contribution in [-0.2, 0) is 4.79 Å². The Labute approximate surface area is 92.3 Å². The Kier molecular flexibility index (Phi) is 3.04. The average Bonchev–Trinajstić information content (AvgIpc) is 2.64. The van der Waals surface area contributed by atoms with Crippen molar-refractivity contribution in [2.45, 2.75) is 19.0 Å². The van der Waals surface area contributed by atoms with Gasteiger partial charge in [0.2, 0.25) is 0 Å². The molecule has 1 fully saturated rings. The van der Waals surface area contributed by atoms with Crippen molar-refractivity contribution < 1.29 is 9.90 Å². The zero-order chi connectivity index (χ0) is 10.8. The summed E-state index contributed by atoms with van der Waals surface area (Å²) in [5.41, 5.74) is 1.16. The molecule has 0 saturated carbocycles. The number of carboxylic acid groups (broad SMARTS) is 1. The highest BCUT2D eigenvalue weighted by molar-refractivity contribution is 7.10. The van der Waals surface area contributed by atoms with Gasteiger partial charge in [0.05, 0.1) is 6.04 Å². The molecular weight excluding hydrogens is 212 g/mol. The molecule has 2 heterocycles. The van der Waals surface area contributed by atoms with Crippen molar-refractivity contribution >= 4 is 17.3 Å². The van der Waals surface area contributed by atoms with Crippen LogP contribution in [-0.4, -0.2) is 30.2 Å². The minimum atomic E-state index is -0.792. The number of thiophene rings is 1. The van der Waals surface area contributed by atoms with Gasteiger partial charge in [0.25, 0.3) is 0 Å². The van der Waals surface area contributed by atoms with E-state index in [0.717, 1.165) is 17.0 Å². The molecule has 0 spiro atoms. The predicted molar refractivity (Wildman–Crippen MR) is 59.2 cm³/mol. The molecule has 1 saturated heterocycles. The van der Waals surface area contributed by atoms with Gasteiger partial charge in [-0.1, -0.05) is 0 Å². The van der Waals surface area contributed by atoms with E-state index in [-0.39, 0.29) is 6.04 Å². The maximum Gasteiger partial charge on any atom is 0.322 e. The van der Waals surface area contributed by atoms with Crippen molar-refractivity contribution in [2.24, 2.45) is 0 Å². The highest BCUT2D eigenvalue weighted by Crippen LogP contribution is 2.27. The van der Waals surface area contributed by atoms with Crippen LogP contribution in [0.3, 0.4) is 0 Å². The van der Waals surface area contributed by atoms with E-state index >= 15 is 0 Å². The highest BCUT2D eigenvalue weighted by atomic mass is 32.1. The molecule has 5 heteroatoms. The number of carboxylic acids is 1. The Balaban J connectivity index is 2.25. The van der Waals surface area contributed by atoms with Crippen LogP contribution in [0.2, 0.25) is 0 Å². The maximum atomic E-state index is 11.1. The quantitative estimate of drug-likeness (QED) is 0.696. The van der Waals surface area contributed by atoms with Crippen molar-refractivity contribution in [1.82, 2.24) is 10.6 Å². The third-order valence-corrected chi connectivity index (χ3v) is 3.74. The predicted octanol–water partition coefficient (Wildman–Crippen LogP) is 0.744. The molecule has 2 atom stereocenters. The third kappa shape index (κ3) is 2.04. The van der Waals surface area contributed by atoms with Gasteiger partial charge >= 0.3 is 5.97 Å². The molecule has 0 aliphatic carbocycles. The largest absolute Gasteiger partial charge is 0.480 e. The molecule has 82 valence electrons. The Morgan fingerprint density at radius 3 is 2.87 bits per heavy atom. The Hall–Kier alpha value is -0.910. The second kappa shape index (κ2) is 4.30. The van der Waals surface area contributed by atoms with Gasteiger partial charge in [-0.25, -0.2) is 0 Å². The van der Waals surface area contributed by atoms with Crippen LogP contribution in [0.4, 0.5) is 0 Å². The molecule has 1 aliphatic rings. The Bertz CT molecular complexity index is 364. The fourth-order valence-electron chi connectivity index (χ4n) is 1.87. The molecular formula is C10H14N2O2S. The van der Waals surface area contributed by atoms with Crippen molar-refractivity contribution in [3.63, 3.8) is 0 Å². The van der Waals surface area contributed by atoms with E-state index < -0.39 is 12.0 Å². The molecule has 0 radical (unpaired) electrons. The molecule has 4 nitrogen and oxygen atoms in total. The van der Waals surface area contributed by atoms with Crippen LogP contribution in [0, 0.1) is 6.92 Å². The Morgan fingerprint density at radius 1 is 1.53 bits per heavy atom. The third-order valence-electron chi connectivity index (χ3n) is 2.64. The molecule has 2 unspecified atom stereocenters. The molecule has 1 aromatic heterocycles. The second-order valence-electron chi connectivity index (χ2n) is 3.67. The summed E-state index contributed by atoms with van der Waals surface area (Å²) in [6.45, 7) is 3.53. The first kappa shape index (κ1) is 10.6. The molecule has 3 N–H and O–H groups in total. The van der Waals surface area contributed by atoms with Crippen LogP contribution in [0.1, 0.15) is 16.5 Å². The van der Waals surface area contributed by atoms with E-state index in [1.54, 1.807) is 11.3 Å². The van der Waals surface area contributed by atoms with E-state index in [4.69, 9.17) is 5.11 Å². The van der Waals surface area contributed by atoms with E-state index in [1.165, 1.54) is 0 Å². The van der Waals surface area contributed by atoms with Gasteiger partial charge in [-0.2, -0.15) is 0 Å². The number of hydrogen-bond acceptors (Lipinski definition) is 4. The summed E-state index contributed by atoms with van der Waals surface area (Å²) in [4.78, 5) is 12.2. The lowest BCUT2D eigenvalue weighted by molar-refractivity contribution is -0.140. The van der Waals surface area contributed by atoms with Crippen molar-refractivity contribution in [1.29, 1.82) is 0 Å². The number of aryl methyl sites for hydroxylation is 1. The van der Waals surface area contributed by atoms with Gasteiger partial charge in [-0.05, 0) is 23.9 Å². The number of aliphatic carboxylic acids is 1.